The van der Waals surface area contributed by atoms with Crippen molar-refractivity contribution in [3.05, 3.63) is 122 Å². The number of thioether (sulfide) groups is 1. The van der Waals surface area contributed by atoms with Gasteiger partial charge in [0.15, 0.2) is 11.0 Å². The first-order chi connectivity index (χ1) is 23.4. The van der Waals surface area contributed by atoms with Crippen molar-refractivity contribution in [1.82, 2.24) is 25.1 Å². The molecule has 15 heteroatoms. The van der Waals surface area contributed by atoms with E-state index in [-0.39, 0.29) is 35.5 Å². The number of carbonyl (C=O) groups is 2. The fourth-order valence-corrected chi connectivity index (χ4v) is 6.71. The summed E-state index contributed by atoms with van der Waals surface area (Å²) >= 11 is 2.77. The summed E-state index contributed by atoms with van der Waals surface area (Å²) in [6.07, 6.45) is 0.569. The van der Waals surface area contributed by atoms with Gasteiger partial charge in [0.25, 0.3) is 17.5 Å². The number of thiophene rings is 1. The van der Waals surface area contributed by atoms with E-state index in [0.717, 1.165) is 21.9 Å². The summed E-state index contributed by atoms with van der Waals surface area (Å²) in [6, 6.07) is 23.9. The predicted molar refractivity (Wildman–Crippen MR) is 181 cm³/mol. The van der Waals surface area contributed by atoms with E-state index in [2.05, 4.69) is 15.5 Å². The topological polar surface area (TPSA) is 154 Å². The number of amides is 2. The molecule has 0 aliphatic carbocycles. The number of rotatable bonds is 12. The van der Waals surface area contributed by atoms with Gasteiger partial charge in [0.2, 0.25) is 0 Å². The SMILES string of the molecule is COc1ccc([C@H]2CC(c3cccs3)=NN2C(=O)CSc2nnc(CNC(=O)c3ccc([N+](=O)[O-])cc3)n2-c2ccccc2OC)cc1. The molecule has 1 aliphatic rings. The highest BCUT2D eigenvalue weighted by atomic mass is 32.2. The number of non-ortho nitro benzene ring substituents is 1. The number of ether oxygens (including phenoxy) is 2. The molecule has 1 aliphatic heterocycles. The number of para-hydroxylation sites is 2. The van der Waals surface area contributed by atoms with Crippen LogP contribution in [0.25, 0.3) is 5.69 Å². The van der Waals surface area contributed by atoms with Crippen LogP contribution in [0.3, 0.4) is 0 Å². The third-order valence-electron chi connectivity index (χ3n) is 7.57. The number of hydrogen-bond acceptors (Lipinski definition) is 11. The van der Waals surface area contributed by atoms with Crippen LogP contribution in [0.15, 0.2) is 101 Å². The Balaban J connectivity index is 1.24. The zero-order valence-electron chi connectivity index (χ0n) is 25.8. The molecule has 3 heterocycles. The molecular formula is C33H29N7O6S2. The number of methoxy groups -OCH3 is 2. The first kappa shape index (κ1) is 32.4. The Kier molecular flexibility index (Phi) is 9.78. The van der Waals surface area contributed by atoms with Gasteiger partial charge in [-0.2, -0.15) is 5.10 Å². The van der Waals surface area contributed by atoms with E-state index in [0.29, 0.717) is 28.8 Å². The monoisotopic (exact) mass is 683 g/mol. The summed E-state index contributed by atoms with van der Waals surface area (Å²) in [5, 5.41) is 31.2. The number of benzene rings is 3. The standard InChI is InChI=1S/C33H29N7O6S2/c1-45-24-15-11-21(12-16-24)27-18-25(29-8-5-17-47-29)37-39(27)31(41)20-48-33-36-35-30(38(33)26-6-3-4-7-28(26)46-2)19-34-32(42)22-9-13-23(14-10-22)40(43)44/h3-17,27H,18-20H2,1-2H3,(H,34,42)/t27-/m1/s1. The lowest BCUT2D eigenvalue weighted by Gasteiger charge is -2.22. The quantitative estimate of drug-likeness (QED) is 0.0998. The van der Waals surface area contributed by atoms with Gasteiger partial charge in [-0.3, -0.25) is 24.3 Å². The Bertz CT molecular complexity index is 1960. The van der Waals surface area contributed by atoms with Crippen molar-refractivity contribution in [3.63, 3.8) is 0 Å². The number of aromatic nitrogens is 3. The maximum absolute atomic E-state index is 13.9. The largest absolute Gasteiger partial charge is 0.497 e. The summed E-state index contributed by atoms with van der Waals surface area (Å²) in [5.41, 5.74) is 2.54. The van der Waals surface area contributed by atoms with Crippen molar-refractivity contribution in [2.45, 2.75) is 24.2 Å². The average Bonchev–Trinajstić information content (AvgIpc) is 3.90. The Hall–Kier alpha value is -5.54. The minimum absolute atomic E-state index is 0.0102. The molecule has 5 aromatic rings. The molecule has 2 aromatic heterocycles. The van der Waals surface area contributed by atoms with Crippen LogP contribution < -0.4 is 14.8 Å². The first-order valence-corrected chi connectivity index (χ1v) is 16.5. The van der Waals surface area contributed by atoms with Gasteiger partial charge in [-0.15, -0.1) is 21.5 Å². The van der Waals surface area contributed by atoms with Crippen LogP contribution in [0.5, 0.6) is 11.5 Å². The Morgan fingerprint density at radius 1 is 1.00 bits per heavy atom. The van der Waals surface area contributed by atoms with Crippen molar-refractivity contribution >= 4 is 46.3 Å². The lowest BCUT2D eigenvalue weighted by atomic mass is 10.0. The molecule has 1 N–H and O–H groups in total. The van der Waals surface area contributed by atoms with Crippen LogP contribution in [0.2, 0.25) is 0 Å². The maximum Gasteiger partial charge on any atom is 0.269 e. The van der Waals surface area contributed by atoms with Gasteiger partial charge in [-0.05, 0) is 53.4 Å². The van der Waals surface area contributed by atoms with Gasteiger partial charge in [0, 0.05) is 24.1 Å². The number of nitro benzene ring substituents is 1. The van der Waals surface area contributed by atoms with Gasteiger partial charge < -0.3 is 14.8 Å². The van der Waals surface area contributed by atoms with E-state index in [1.807, 2.05) is 60.0 Å². The number of hydrogen-bond donors (Lipinski definition) is 1. The van der Waals surface area contributed by atoms with Crippen LogP contribution in [-0.4, -0.2) is 62.2 Å². The molecule has 0 saturated carbocycles. The Morgan fingerprint density at radius 2 is 1.77 bits per heavy atom. The van der Waals surface area contributed by atoms with Crippen molar-refractivity contribution in [3.8, 4) is 17.2 Å². The fourth-order valence-electron chi connectivity index (χ4n) is 5.17. The second-order valence-corrected chi connectivity index (χ2v) is 12.3. The summed E-state index contributed by atoms with van der Waals surface area (Å²) < 4.78 is 12.7. The fraction of sp³-hybridized carbons (Fsp3) is 0.182. The van der Waals surface area contributed by atoms with Crippen molar-refractivity contribution < 1.29 is 24.0 Å². The van der Waals surface area contributed by atoms with Gasteiger partial charge in [-0.25, -0.2) is 5.01 Å². The number of nitrogens with one attached hydrogen (secondary N) is 1. The summed E-state index contributed by atoms with van der Waals surface area (Å²) in [4.78, 5) is 38.2. The molecule has 2 amide bonds. The molecule has 244 valence electrons. The highest BCUT2D eigenvalue weighted by molar-refractivity contribution is 7.99. The van der Waals surface area contributed by atoms with E-state index in [1.54, 1.807) is 41.2 Å². The molecule has 0 fully saturated rings. The molecule has 0 saturated heterocycles. The van der Waals surface area contributed by atoms with E-state index in [1.165, 1.54) is 36.0 Å². The van der Waals surface area contributed by atoms with Gasteiger partial charge in [0.05, 0.1) is 53.8 Å². The predicted octanol–water partition coefficient (Wildman–Crippen LogP) is 5.65. The van der Waals surface area contributed by atoms with Crippen LogP contribution in [0, 0.1) is 10.1 Å². The van der Waals surface area contributed by atoms with E-state index in [4.69, 9.17) is 14.6 Å². The lowest BCUT2D eigenvalue weighted by molar-refractivity contribution is -0.384. The number of nitro groups is 1. The van der Waals surface area contributed by atoms with Crippen molar-refractivity contribution in [1.29, 1.82) is 0 Å². The Morgan fingerprint density at radius 3 is 2.46 bits per heavy atom. The smallest absolute Gasteiger partial charge is 0.269 e. The number of nitrogens with zero attached hydrogens (tertiary/aromatic N) is 6. The van der Waals surface area contributed by atoms with E-state index < -0.39 is 10.8 Å². The summed E-state index contributed by atoms with van der Waals surface area (Å²) in [6.45, 7) is -0.0183. The Labute approximate surface area is 283 Å². The van der Waals surface area contributed by atoms with Crippen LogP contribution in [0.1, 0.15) is 39.1 Å². The normalized spacial score (nSPS) is 14.0. The molecule has 0 radical (unpaired) electrons. The average molecular weight is 684 g/mol. The van der Waals surface area contributed by atoms with Crippen LogP contribution in [0.4, 0.5) is 5.69 Å². The third-order valence-corrected chi connectivity index (χ3v) is 9.40. The third kappa shape index (κ3) is 6.91. The lowest BCUT2D eigenvalue weighted by Crippen LogP contribution is -2.28. The number of carbonyl (C=O) groups excluding carboxylic acids is 2. The van der Waals surface area contributed by atoms with Gasteiger partial charge in [0.1, 0.15) is 11.5 Å². The molecule has 0 unspecified atom stereocenters. The zero-order chi connectivity index (χ0) is 33.6. The first-order valence-electron chi connectivity index (χ1n) is 14.7. The number of hydrazone groups is 1. The summed E-state index contributed by atoms with van der Waals surface area (Å²) in [5.74, 6) is 1.01. The highest BCUT2D eigenvalue weighted by Crippen LogP contribution is 2.36. The molecule has 0 bridgehead atoms. The van der Waals surface area contributed by atoms with E-state index in [9.17, 15) is 19.7 Å². The summed E-state index contributed by atoms with van der Waals surface area (Å²) in [7, 11) is 3.16. The maximum atomic E-state index is 13.9. The second kappa shape index (κ2) is 14.5. The molecular weight excluding hydrogens is 655 g/mol. The van der Waals surface area contributed by atoms with E-state index >= 15 is 0 Å². The van der Waals surface area contributed by atoms with Crippen molar-refractivity contribution in [2.75, 3.05) is 20.0 Å². The van der Waals surface area contributed by atoms with Gasteiger partial charge in [-0.1, -0.05) is 42.1 Å². The molecule has 48 heavy (non-hydrogen) atoms. The second-order valence-electron chi connectivity index (χ2n) is 10.4. The molecule has 1 atom stereocenters. The van der Waals surface area contributed by atoms with Gasteiger partial charge >= 0.3 is 0 Å². The molecule has 3 aromatic carbocycles. The minimum Gasteiger partial charge on any atom is -0.497 e. The zero-order valence-corrected chi connectivity index (χ0v) is 27.4. The van der Waals surface area contributed by atoms with Crippen LogP contribution in [-0.2, 0) is 11.3 Å². The van der Waals surface area contributed by atoms with Crippen molar-refractivity contribution in [2.24, 2.45) is 5.10 Å². The minimum atomic E-state index is -0.528. The molecule has 6 rings (SSSR count). The van der Waals surface area contributed by atoms with Crippen LogP contribution >= 0.6 is 23.1 Å². The highest BCUT2D eigenvalue weighted by Gasteiger charge is 2.34. The molecule has 0 spiro atoms. The molecule has 13 nitrogen and oxygen atoms in total.